The molecule has 0 radical (unpaired) electrons. The van der Waals surface area contributed by atoms with Gasteiger partial charge >= 0.3 is 6.18 Å². The highest BCUT2D eigenvalue weighted by Gasteiger charge is 2.27. The fraction of sp³-hybridized carbons (Fsp3) is 0.300. The summed E-state index contributed by atoms with van der Waals surface area (Å²) in [6, 6.07) is 6.66. The average Bonchev–Trinajstić information content (AvgIpc) is 2.14. The molecule has 0 saturated heterocycles. The lowest BCUT2D eigenvalue weighted by atomic mass is 10.2. The Morgan fingerprint density at radius 2 is 2.06 bits per heavy atom. The number of anilines is 1. The van der Waals surface area contributed by atoms with Crippen LogP contribution in [0.4, 0.5) is 18.9 Å². The van der Waals surface area contributed by atoms with Crippen LogP contribution in [0.25, 0.3) is 0 Å². The topological polar surface area (TPSA) is 29.1 Å². The van der Waals surface area contributed by atoms with Crippen LogP contribution in [-0.2, 0) is 4.79 Å². The summed E-state index contributed by atoms with van der Waals surface area (Å²) in [6.07, 6.45) is -5.96. The molecule has 0 aliphatic rings. The first-order valence-corrected chi connectivity index (χ1v) is 5.28. The van der Waals surface area contributed by atoms with Crippen LogP contribution < -0.4 is 5.32 Å². The quantitative estimate of drug-likeness (QED) is 0.904. The largest absolute Gasteiger partial charge is 0.389 e. The molecule has 0 unspecified atom stereocenters. The Labute approximate surface area is 99.0 Å². The van der Waals surface area contributed by atoms with Gasteiger partial charge in [0.1, 0.15) is 0 Å². The normalized spacial score (nSPS) is 11.2. The molecular weight excluding hydrogens is 287 g/mol. The number of carbonyl (C=O) groups is 1. The monoisotopic (exact) mass is 295 g/mol. The SMILES string of the molecule is O=C(CCC(F)(F)F)Nc1cccc(Br)c1. The maximum absolute atomic E-state index is 11.8. The summed E-state index contributed by atoms with van der Waals surface area (Å²) < 4.78 is 36.2. The van der Waals surface area contributed by atoms with Gasteiger partial charge in [-0.05, 0) is 18.2 Å². The molecule has 16 heavy (non-hydrogen) atoms. The van der Waals surface area contributed by atoms with E-state index in [1.807, 2.05) is 0 Å². The third-order valence-corrected chi connectivity index (χ3v) is 2.24. The van der Waals surface area contributed by atoms with Gasteiger partial charge in [-0.3, -0.25) is 4.79 Å². The Morgan fingerprint density at radius 1 is 1.38 bits per heavy atom. The summed E-state index contributed by atoms with van der Waals surface area (Å²) in [6.45, 7) is 0. The van der Waals surface area contributed by atoms with E-state index < -0.39 is 24.9 Å². The summed E-state index contributed by atoms with van der Waals surface area (Å²) in [5, 5.41) is 2.39. The van der Waals surface area contributed by atoms with Crippen molar-refractivity contribution in [3.8, 4) is 0 Å². The summed E-state index contributed by atoms with van der Waals surface area (Å²) in [4.78, 5) is 11.1. The minimum absolute atomic E-state index is 0.474. The van der Waals surface area contributed by atoms with Gasteiger partial charge in [-0.1, -0.05) is 22.0 Å². The van der Waals surface area contributed by atoms with E-state index in [-0.39, 0.29) is 0 Å². The minimum Gasteiger partial charge on any atom is -0.326 e. The highest BCUT2D eigenvalue weighted by molar-refractivity contribution is 9.10. The first kappa shape index (κ1) is 13.0. The Bertz CT molecular complexity index is 379. The summed E-state index contributed by atoms with van der Waals surface area (Å²) >= 11 is 3.19. The second-order valence-corrected chi connectivity index (χ2v) is 4.09. The van der Waals surface area contributed by atoms with Crippen molar-refractivity contribution in [2.45, 2.75) is 19.0 Å². The number of hydrogen-bond donors (Lipinski definition) is 1. The second-order valence-electron chi connectivity index (χ2n) is 3.17. The highest BCUT2D eigenvalue weighted by atomic mass is 79.9. The molecule has 1 aromatic rings. The van der Waals surface area contributed by atoms with E-state index in [2.05, 4.69) is 21.2 Å². The summed E-state index contributed by atoms with van der Waals surface area (Å²) in [7, 11) is 0. The lowest BCUT2D eigenvalue weighted by Crippen LogP contribution is -2.16. The summed E-state index contributed by atoms with van der Waals surface area (Å²) in [5.74, 6) is -0.643. The number of amides is 1. The zero-order valence-corrected chi connectivity index (χ0v) is 9.73. The summed E-state index contributed by atoms with van der Waals surface area (Å²) in [5.41, 5.74) is 0.474. The predicted octanol–water partition coefficient (Wildman–Crippen LogP) is 3.73. The van der Waals surface area contributed by atoms with Crippen molar-refractivity contribution in [3.63, 3.8) is 0 Å². The van der Waals surface area contributed by atoms with Crippen LogP contribution in [0, 0.1) is 0 Å². The van der Waals surface area contributed by atoms with Gasteiger partial charge in [-0.15, -0.1) is 0 Å². The molecule has 1 aromatic carbocycles. The maximum atomic E-state index is 11.8. The maximum Gasteiger partial charge on any atom is 0.389 e. The Kier molecular flexibility index (Phi) is 4.35. The molecular formula is C10H9BrF3NO. The molecule has 1 rings (SSSR count). The second kappa shape index (κ2) is 5.34. The molecule has 0 fully saturated rings. The first-order valence-electron chi connectivity index (χ1n) is 4.49. The smallest absolute Gasteiger partial charge is 0.326 e. The molecule has 6 heteroatoms. The molecule has 0 saturated carbocycles. The van der Waals surface area contributed by atoms with Crippen molar-refractivity contribution in [2.75, 3.05) is 5.32 Å². The molecule has 2 nitrogen and oxygen atoms in total. The number of halogens is 4. The fourth-order valence-electron chi connectivity index (χ4n) is 1.04. The van der Waals surface area contributed by atoms with Gasteiger partial charge in [-0.25, -0.2) is 0 Å². The van der Waals surface area contributed by atoms with Crippen molar-refractivity contribution >= 4 is 27.5 Å². The van der Waals surface area contributed by atoms with Crippen molar-refractivity contribution < 1.29 is 18.0 Å². The van der Waals surface area contributed by atoms with E-state index in [0.29, 0.717) is 5.69 Å². The van der Waals surface area contributed by atoms with Crippen LogP contribution in [-0.4, -0.2) is 12.1 Å². The van der Waals surface area contributed by atoms with Crippen molar-refractivity contribution in [1.82, 2.24) is 0 Å². The molecule has 0 aliphatic heterocycles. The Morgan fingerprint density at radius 3 is 2.62 bits per heavy atom. The number of hydrogen-bond acceptors (Lipinski definition) is 1. The van der Waals surface area contributed by atoms with Gasteiger partial charge < -0.3 is 5.32 Å². The van der Waals surface area contributed by atoms with E-state index in [0.717, 1.165) is 4.47 Å². The number of benzene rings is 1. The first-order chi connectivity index (χ1) is 7.37. The van der Waals surface area contributed by atoms with Crippen molar-refractivity contribution in [1.29, 1.82) is 0 Å². The van der Waals surface area contributed by atoms with E-state index in [9.17, 15) is 18.0 Å². The lowest BCUT2D eigenvalue weighted by molar-refractivity contribution is -0.142. The molecule has 0 heterocycles. The molecule has 1 amide bonds. The van der Waals surface area contributed by atoms with Crippen LogP contribution in [0.5, 0.6) is 0 Å². The molecule has 0 aromatic heterocycles. The van der Waals surface area contributed by atoms with E-state index in [1.54, 1.807) is 24.3 Å². The molecule has 0 spiro atoms. The lowest BCUT2D eigenvalue weighted by Gasteiger charge is -2.07. The van der Waals surface area contributed by atoms with Crippen LogP contribution in [0.15, 0.2) is 28.7 Å². The van der Waals surface area contributed by atoms with Gasteiger partial charge in [0.2, 0.25) is 5.91 Å². The molecule has 1 N–H and O–H groups in total. The van der Waals surface area contributed by atoms with Gasteiger partial charge in [0.05, 0.1) is 6.42 Å². The number of nitrogens with one attached hydrogen (secondary N) is 1. The molecule has 0 atom stereocenters. The van der Waals surface area contributed by atoms with E-state index in [4.69, 9.17) is 0 Å². The number of carbonyl (C=O) groups excluding carboxylic acids is 1. The van der Waals surface area contributed by atoms with Crippen molar-refractivity contribution in [3.05, 3.63) is 28.7 Å². The minimum atomic E-state index is -4.30. The van der Waals surface area contributed by atoms with Gasteiger partial charge in [-0.2, -0.15) is 13.2 Å². The predicted molar refractivity (Wildman–Crippen MR) is 58.1 cm³/mol. The fourth-order valence-corrected chi connectivity index (χ4v) is 1.44. The van der Waals surface area contributed by atoms with Crippen LogP contribution >= 0.6 is 15.9 Å². The molecule has 0 bridgehead atoms. The number of rotatable bonds is 3. The van der Waals surface area contributed by atoms with E-state index in [1.165, 1.54) is 0 Å². The third-order valence-electron chi connectivity index (χ3n) is 1.74. The third kappa shape index (κ3) is 5.16. The van der Waals surface area contributed by atoms with Crippen LogP contribution in [0.1, 0.15) is 12.8 Å². The molecule has 88 valence electrons. The van der Waals surface area contributed by atoms with Gasteiger partial charge in [0.15, 0.2) is 0 Å². The Balaban J connectivity index is 2.46. The van der Waals surface area contributed by atoms with Crippen molar-refractivity contribution in [2.24, 2.45) is 0 Å². The van der Waals surface area contributed by atoms with E-state index >= 15 is 0 Å². The van der Waals surface area contributed by atoms with Crippen LogP contribution in [0.3, 0.4) is 0 Å². The highest BCUT2D eigenvalue weighted by Crippen LogP contribution is 2.22. The zero-order chi connectivity index (χ0) is 12.2. The Hall–Kier alpha value is -1.04. The average molecular weight is 296 g/mol. The standard InChI is InChI=1S/C10H9BrF3NO/c11-7-2-1-3-8(6-7)15-9(16)4-5-10(12,13)14/h1-3,6H,4-5H2,(H,15,16). The van der Waals surface area contributed by atoms with Crippen LogP contribution in [0.2, 0.25) is 0 Å². The molecule has 0 aliphatic carbocycles. The zero-order valence-electron chi connectivity index (χ0n) is 8.14. The van der Waals surface area contributed by atoms with Gasteiger partial charge in [0, 0.05) is 16.6 Å². The number of alkyl halides is 3. The van der Waals surface area contributed by atoms with Gasteiger partial charge in [0.25, 0.3) is 0 Å².